The van der Waals surface area contributed by atoms with E-state index in [4.69, 9.17) is 25.2 Å². The van der Waals surface area contributed by atoms with Crippen LogP contribution < -0.4 is 4.74 Å². The summed E-state index contributed by atoms with van der Waals surface area (Å²) in [6.45, 7) is 3.95. The van der Waals surface area contributed by atoms with E-state index in [1.54, 1.807) is 12.1 Å². The summed E-state index contributed by atoms with van der Waals surface area (Å²) in [5.41, 5.74) is 0.873. The zero-order valence-corrected chi connectivity index (χ0v) is 25.0. The number of phenolic OH excluding ortho intramolecular Hbond substituents is 1. The number of phenols is 1. The lowest BCUT2D eigenvalue weighted by molar-refractivity contribution is -0.200. The van der Waals surface area contributed by atoms with Crippen molar-refractivity contribution in [3.05, 3.63) is 46.9 Å². The number of benzene rings is 1. The van der Waals surface area contributed by atoms with Crippen molar-refractivity contribution in [1.29, 1.82) is 0 Å². The van der Waals surface area contributed by atoms with E-state index in [1.165, 1.54) is 17.7 Å². The number of nitrogens with zero attached hydrogens (tertiary/aromatic N) is 2. The van der Waals surface area contributed by atoms with Crippen molar-refractivity contribution < 1.29 is 54.9 Å². The van der Waals surface area contributed by atoms with Crippen LogP contribution in [0.5, 0.6) is 11.5 Å². The largest absolute Gasteiger partial charge is 0.504 e. The number of carboxylic acid groups (broad SMARTS) is 2. The van der Waals surface area contributed by atoms with E-state index in [9.17, 15) is 29.7 Å². The lowest BCUT2D eigenvalue weighted by Gasteiger charge is -2.64. The molecule has 3 fully saturated rings. The van der Waals surface area contributed by atoms with E-state index >= 15 is 0 Å². The van der Waals surface area contributed by atoms with E-state index < -0.39 is 47.3 Å². The predicted molar refractivity (Wildman–Crippen MR) is 156 cm³/mol. The van der Waals surface area contributed by atoms with Crippen molar-refractivity contribution in [3.8, 4) is 11.5 Å². The van der Waals surface area contributed by atoms with Gasteiger partial charge in [-0.1, -0.05) is 25.5 Å². The van der Waals surface area contributed by atoms with Crippen molar-refractivity contribution in [2.45, 2.75) is 99.7 Å². The normalized spacial score (nSPS) is 33.5. The van der Waals surface area contributed by atoms with Crippen molar-refractivity contribution in [3.63, 3.8) is 0 Å². The predicted octanol–water partition coefficient (Wildman–Crippen LogP) is 1.17. The number of carbonyl (C=O) groups is 3. The van der Waals surface area contributed by atoms with Crippen LogP contribution in [0, 0.1) is 5.92 Å². The molecule has 7 atom stereocenters. The van der Waals surface area contributed by atoms with Crippen LogP contribution in [-0.2, 0) is 26.2 Å². The minimum Gasteiger partial charge on any atom is -0.504 e. The third-order valence-electron chi connectivity index (χ3n) is 10.5. The molecule has 13 nitrogen and oxygen atoms in total. The summed E-state index contributed by atoms with van der Waals surface area (Å²) >= 11 is 0. The minimum absolute atomic E-state index is 0.00896. The van der Waals surface area contributed by atoms with Gasteiger partial charge in [0.05, 0.1) is 17.1 Å². The molecule has 3 heterocycles. The highest BCUT2D eigenvalue weighted by atomic mass is 16.5. The molecule has 1 aromatic rings. The van der Waals surface area contributed by atoms with E-state index in [-0.39, 0.29) is 23.6 Å². The first kappa shape index (κ1) is 31.3. The zero-order valence-electron chi connectivity index (χ0n) is 25.0. The first-order chi connectivity index (χ1) is 21.4. The molecule has 1 saturated heterocycles. The number of carbonyl (C=O) groups excluding carboxylic acids is 1. The highest BCUT2D eigenvalue weighted by molar-refractivity contribution is 6.00. The first-order valence-electron chi connectivity index (χ1n) is 15.6. The van der Waals surface area contributed by atoms with Crippen molar-refractivity contribution in [2.75, 3.05) is 13.1 Å². The summed E-state index contributed by atoms with van der Waals surface area (Å²) in [7, 11) is 0. The Labute approximate surface area is 259 Å². The number of aliphatic hydroxyl groups excluding tert-OH is 3. The molecule has 0 radical (unpaired) electrons. The second-order valence-electron chi connectivity index (χ2n) is 13.1. The van der Waals surface area contributed by atoms with Crippen LogP contribution in [0.4, 0.5) is 0 Å². The van der Waals surface area contributed by atoms with Gasteiger partial charge in [-0.05, 0) is 69.0 Å². The van der Waals surface area contributed by atoms with Crippen molar-refractivity contribution in [1.82, 2.24) is 9.80 Å². The topological polar surface area (TPSA) is 209 Å². The SMILES string of the molecule is CCC/C=C1/C=C(O)N([C@@H]2CC[C@@]3(O)[C@H]4Cc5ccc(O)c6c5[C@@]3(CCN4CC3CC3)[C@@H]2O6)C1=O.O=C(O)C(O)C(O)C(=O)O. The summed E-state index contributed by atoms with van der Waals surface area (Å²) in [6.07, 6.45) is 5.14. The van der Waals surface area contributed by atoms with Crippen LogP contribution in [0.1, 0.15) is 63.0 Å². The molecule has 1 aromatic carbocycles. The van der Waals surface area contributed by atoms with Crippen molar-refractivity contribution >= 4 is 17.8 Å². The molecule has 3 aliphatic heterocycles. The second kappa shape index (κ2) is 11.3. The molecule has 244 valence electrons. The lowest BCUT2D eigenvalue weighted by atomic mass is 9.48. The van der Waals surface area contributed by atoms with E-state index in [0.717, 1.165) is 49.4 Å². The van der Waals surface area contributed by atoms with Crippen LogP contribution in [0.25, 0.3) is 0 Å². The summed E-state index contributed by atoms with van der Waals surface area (Å²) in [4.78, 5) is 36.9. The van der Waals surface area contributed by atoms with Gasteiger partial charge in [0.1, 0.15) is 6.10 Å². The van der Waals surface area contributed by atoms with Gasteiger partial charge in [-0.25, -0.2) is 9.59 Å². The van der Waals surface area contributed by atoms with E-state index in [1.807, 2.05) is 12.1 Å². The third kappa shape index (κ3) is 4.79. The van der Waals surface area contributed by atoms with Crippen LogP contribution in [0.3, 0.4) is 0 Å². The van der Waals surface area contributed by atoms with E-state index in [2.05, 4.69) is 11.8 Å². The number of carboxylic acids is 2. The molecule has 3 aliphatic carbocycles. The molecule has 2 unspecified atom stereocenters. The van der Waals surface area contributed by atoms with Crippen molar-refractivity contribution in [2.24, 2.45) is 5.92 Å². The van der Waals surface area contributed by atoms with Gasteiger partial charge in [0, 0.05) is 29.8 Å². The molecule has 13 heteroatoms. The van der Waals surface area contributed by atoms with Gasteiger partial charge in [0.25, 0.3) is 5.91 Å². The van der Waals surface area contributed by atoms with Crippen LogP contribution in [0.15, 0.2) is 35.7 Å². The third-order valence-corrected chi connectivity index (χ3v) is 10.5. The number of aromatic hydroxyl groups is 1. The molecule has 0 aromatic heterocycles. The Morgan fingerprint density at radius 3 is 2.40 bits per heavy atom. The number of piperidine rings is 1. The van der Waals surface area contributed by atoms with Crippen LogP contribution in [0.2, 0.25) is 0 Å². The fourth-order valence-corrected chi connectivity index (χ4v) is 8.27. The highest BCUT2D eigenvalue weighted by Gasteiger charge is 2.74. The Kier molecular flexibility index (Phi) is 7.87. The second-order valence-corrected chi connectivity index (χ2v) is 13.1. The molecule has 6 aliphatic rings. The standard InChI is InChI=1S/C28H34N2O5.C4H6O6/c1-2-3-4-18-14-22(32)30(26(18)33)19-9-10-28(34)21-13-17-7-8-20(31)24-23(17)27(28,25(19)35-24)11-12-29(21)15-16-5-6-16;5-1(3(7)8)2(6)4(9)10/h4,7-8,14,16,19,21,25,31-32,34H,2-3,5-6,9-13,15H2,1H3;1-2,5-6H,(H,7,8)(H,9,10)/b18-4-;/t19-,21-,25-,27+,28-;/m1./s1. The molecular weight excluding hydrogens is 588 g/mol. The molecule has 7 N–H and O–H groups in total. The number of aliphatic carboxylic acids is 2. The summed E-state index contributed by atoms with van der Waals surface area (Å²) in [6, 6.07) is 3.26. The number of unbranched alkanes of at least 4 members (excludes halogenated alkanes) is 1. The molecule has 45 heavy (non-hydrogen) atoms. The average Bonchev–Trinajstić information content (AvgIpc) is 3.68. The first-order valence-corrected chi connectivity index (χ1v) is 15.6. The van der Waals surface area contributed by atoms with Gasteiger partial charge in [-0.3, -0.25) is 14.6 Å². The average molecular weight is 629 g/mol. The van der Waals surface area contributed by atoms with Gasteiger partial charge >= 0.3 is 11.9 Å². The quantitative estimate of drug-likeness (QED) is 0.203. The molecule has 1 amide bonds. The smallest absolute Gasteiger partial charge is 0.335 e. The van der Waals surface area contributed by atoms with Crippen LogP contribution >= 0.6 is 0 Å². The van der Waals surface area contributed by atoms with Gasteiger partial charge in [-0.15, -0.1) is 0 Å². The number of hydrogen-bond acceptors (Lipinski definition) is 10. The summed E-state index contributed by atoms with van der Waals surface area (Å²) in [5, 5.41) is 66.8. The van der Waals surface area contributed by atoms with Gasteiger partial charge in [0.2, 0.25) is 0 Å². The Bertz CT molecular complexity index is 1450. The maximum Gasteiger partial charge on any atom is 0.335 e. The monoisotopic (exact) mass is 628 g/mol. The fraction of sp³-hybridized carbons (Fsp3) is 0.594. The Morgan fingerprint density at radius 2 is 1.78 bits per heavy atom. The Morgan fingerprint density at radius 1 is 1.09 bits per heavy atom. The molecular formula is C32H40N2O11. The van der Waals surface area contributed by atoms with E-state index in [0.29, 0.717) is 30.6 Å². The number of amides is 1. The molecule has 2 bridgehead atoms. The number of allylic oxidation sites excluding steroid dienone is 1. The number of aliphatic hydroxyl groups is 4. The van der Waals surface area contributed by atoms with Gasteiger partial charge < -0.3 is 40.5 Å². The lowest BCUT2D eigenvalue weighted by Crippen LogP contribution is -2.78. The maximum absolute atomic E-state index is 13.4. The highest BCUT2D eigenvalue weighted by Crippen LogP contribution is 2.66. The zero-order chi connectivity index (χ0) is 32.4. The summed E-state index contributed by atoms with van der Waals surface area (Å²) < 4.78 is 6.56. The fourth-order valence-electron chi connectivity index (χ4n) is 8.27. The molecule has 1 spiro atoms. The van der Waals surface area contributed by atoms with Crippen LogP contribution in [-0.4, -0.2) is 112 Å². The Balaban J connectivity index is 0.000000311. The summed E-state index contributed by atoms with van der Waals surface area (Å²) in [5.74, 6) is -2.51. The number of rotatable bonds is 8. The molecule has 7 rings (SSSR count). The van der Waals surface area contributed by atoms with Gasteiger partial charge in [0.15, 0.2) is 29.6 Å². The maximum atomic E-state index is 13.4. The van der Waals surface area contributed by atoms with Gasteiger partial charge in [-0.2, -0.15) is 0 Å². The number of likely N-dealkylation sites (tertiary alicyclic amines) is 1. The minimum atomic E-state index is -2.27. The number of hydrogen-bond donors (Lipinski definition) is 7. The molecule has 2 saturated carbocycles. The number of ether oxygens (including phenoxy) is 1. The Hall–Kier alpha value is -3.65.